The largest absolute Gasteiger partial charge is 0.0654 e. The molecule has 0 atom stereocenters. The molecule has 0 nitrogen and oxygen atoms in total. The van der Waals surface area contributed by atoms with E-state index in [0.717, 1.165) is 0 Å². The molecule has 0 saturated heterocycles. The van der Waals surface area contributed by atoms with Crippen LogP contribution < -0.4 is 0 Å². The predicted octanol–water partition coefficient (Wildman–Crippen LogP) is 4.35. The molecule has 0 heteroatoms. The van der Waals surface area contributed by atoms with Gasteiger partial charge in [0.2, 0.25) is 0 Å². The Morgan fingerprint density at radius 2 is 1.67 bits per heavy atom. The van der Waals surface area contributed by atoms with Crippen molar-refractivity contribution in [1.29, 1.82) is 0 Å². The molecule has 0 unspecified atom stereocenters. The molecule has 0 aromatic rings. The van der Waals surface area contributed by atoms with E-state index in [1.54, 1.807) is 0 Å². The molecule has 0 aliphatic heterocycles. The molecule has 1 fully saturated rings. The molecule has 1 radical (unpaired) electrons. The van der Waals surface area contributed by atoms with E-state index in [1.165, 1.54) is 44.9 Å². The molecule has 71 valence electrons. The highest BCUT2D eigenvalue weighted by Gasteiger charge is 2.29. The summed E-state index contributed by atoms with van der Waals surface area (Å²) in [5, 5.41) is 0. The molecule has 0 N–H and O–H groups in total. The summed E-state index contributed by atoms with van der Waals surface area (Å²) in [6, 6.07) is 0. The van der Waals surface area contributed by atoms with Gasteiger partial charge >= 0.3 is 0 Å². The van der Waals surface area contributed by atoms with Crippen LogP contribution in [-0.2, 0) is 0 Å². The van der Waals surface area contributed by atoms with E-state index < -0.39 is 0 Å². The molecule has 12 heavy (non-hydrogen) atoms. The average molecular weight is 167 g/mol. The fraction of sp³-hybridized carbons (Fsp3) is 0.917. The van der Waals surface area contributed by atoms with Crippen LogP contribution in [0, 0.1) is 11.3 Å². The summed E-state index contributed by atoms with van der Waals surface area (Å²) in [7, 11) is 0. The molecule has 0 aromatic heterocycles. The van der Waals surface area contributed by atoms with Gasteiger partial charge in [0.1, 0.15) is 0 Å². The zero-order chi connectivity index (χ0) is 9.03. The molecule has 0 spiro atoms. The number of hydrogen-bond donors (Lipinski definition) is 0. The molecule has 0 amide bonds. The smallest absolute Gasteiger partial charge is 0.0185 e. The molecule has 1 rings (SSSR count). The van der Waals surface area contributed by atoms with Gasteiger partial charge in [-0.05, 0) is 30.6 Å². The normalized spacial score (nSPS) is 21.2. The standard InChI is InChI=1S/C12H23/c1-4-10-12(2,3)11-8-6-5-7-9-11/h4-10H2,1-3H3. The summed E-state index contributed by atoms with van der Waals surface area (Å²) < 4.78 is 0. The first-order chi connectivity index (χ1) is 5.67. The van der Waals surface area contributed by atoms with Gasteiger partial charge in [-0.25, -0.2) is 0 Å². The predicted molar refractivity (Wildman–Crippen MR) is 55.0 cm³/mol. The SMILES string of the molecule is CCCC(C)(C)[C]1CCCCC1. The molecular weight excluding hydrogens is 144 g/mol. The van der Waals surface area contributed by atoms with Crippen molar-refractivity contribution in [3.8, 4) is 0 Å². The summed E-state index contributed by atoms with van der Waals surface area (Å²) in [4.78, 5) is 0. The van der Waals surface area contributed by atoms with Crippen LogP contribution >= 0.6 is 0 Å². The molecule has 0 aromatic carbocycles. The lowest BCUT2D eigenvalue weighted by Crippen LogP contribution is -2.23. The van der Waals surface area contributed by atoms with Crippen molar-refractivity contribution in [3.05, 3.63) is 5.92 Å². The Kier molecular flexibility index (Phi) is 3.61. The Morgan fingerprint density at radius 1 is 1.08 bits per heavy atom. The number of hydrogen-bond acceptors (Lipinski definition) is 0. The zero-order valence-corrected chi connectivity index (χ0v) is 8.95. The van der Waals surface area contributed by atoms with Crippen LogP contribution in [0.15, 0.2) is 0 Å². The molecule has 1 aliphatic carbocycles. The van der Waals surface area contributed by atoms with Gasteiger partial charge in [0.25, 0.3) is 0 Å². The maximum Gasteiger partial charge on any atom is -0.0185 e. The van der Waals surface area contributed by atoms with E-state index in [-0.39, 0.29) is 0 Å². The molecule has 1 aliphatic rings. The van der Waals surface area contributed by atoms with Crippen molar-refractivity contribution in [3.63, 3.8) is 0 Å². The summed E-state index contributed by atoms with van der Waals surface area (Å²) in [6.07, 6.45) is 9.88. The highest BCUT2D eigenvalue weighted by molar-refractivity contribution is 5.03. The highest BCUT2D eigenvalue weighted by Crippen LogP contribution is 2.42. The van der Waals surface area contributed by atoms with Gasteiger partial charge < -0.3 is 0 Å². The summed E-state index contributed by atoms with van der Waals surface area (Å²) >= 11 is 0. The van der Waals surface area contributed by atoms with E-state index in [4.69, 9.17) is 0 Å². The summed E-state index contributed by atoms with van der Waals surface area (Å²) in [6.45, 7) is 7.15. The van der Waals surface area contributed by atoms with E-state index in [1.807, 2.05) is 5.92 Å². The second-order valence-corrected chi connectivity index (χ2v) is 4.80. The first-order valence-corrected chi connectivity index (χ1v) is 5.52. The second-order valence-electron chi connectivity index (χ2n) is 4.80. The minimum Gasteiger partial charge on any atom is -0.0654 e. The lowest BCUT2D eigenvalue weighted by Gasteiger charge is -2.36. The van der Waals surface area contributed by atoms with Crippen molar-refractivity contribution in [1.82, 2.24) is 0 Å². The molecule has 0 bridgehead atoms. The Bertz CT molecular complexity index is 118. The van der Waals surface area contributed by atoms with Gasteiger partial charge in [0, 0.05) is 0 Å². The Labute approximate surface area is 77.7 Å². The van der Waals surface area contributed by atoms with Crippen molar-refractivity contribution in [2.24, 2.45) is 5.41 Å². The van der Waals surface area contributed by atoms with Crippen LogP contribution in [0.1, 0.15) is 65.7 Å². The lowest BCUT2D eigenvalue weighted by molar-refractivity contribution is 0.290. The topological polar surface area (TPSA) is 0 Å². The third-order valence-corrected chi connectivity index (χ3v) is 3.29. The first-order valence-electron chi connectivity index (χ1n) is 5.52. The number of rotatable bonds is 3. The van der Waals surface area contributed by atoms with Crippen LogP contribution in [0.4, 0.5) is 0 Å². The molecule has 0 heterocycles. The van der Waals surface area contributed by atoms with Gasteiger partial charge in [-0.1, -0.05) is 46.5 Å². The van der Waals surface area contributed by atoms with Gasteiger partial charge in [-0.2, -0.15) is 0 Å². The fourth-order valence-electron chi connectivity index (χ4n) is 2.46. The van der Waals surface area contributed by atoms with Crippen molar-refractivity contribution in [2.45, 2.75) is 65.7 Å². The average Bonchev–Trinajstić information content (AvgIpc) is 2.06. The zero-order valence-electron chi connectivity index (χ0n) is 8.95. The van der Waals surface area contributed by atoms with Crippen LogP contribution in [0.5, 0.6) is 0 Å². The fourth-order valence-corrected chi connectivity index (χ4v) is 2.46. The van der Waals surface area contributed by atoms with Gasteiger partial charge in [-0.3, -0.25) is 0 Å². The third-order valence-electron chi connectivity index (χ3n) is 3.29. The monoisotopic (exact) mass is 167 g/mol. The lowest BCUT2D eigenvalue weighted by atomic mass is 9.69. The highest BCUT2D eigenvalue weighted by atomic mass is 14.3. The van der Waals surface area contributed by atoms with E-state index in [0.29, 0.717) is 5.41 Å². The van der Waals surface area contributed by atoms with Gasteiger partial charge in [-0.15, -0.1) is 0 Å². The Hall–Kier alpha value is 0. The van der Waals surface area contributed by atoms with Crippen LogP contribution in [0.2, 0.25) is 0 Å². The van der Waals surface area contributed by atoms with Crippen molar-refractivity contribution >= 4 is 0 Å². The van der Waals surface area contributed by atoms with E-state index in [2.05, 4.69) is 20.8 Å². The minimum absolute atomic E-state index is 0.537. The maximum absolute atomic E-state index is 2.43. The van der Waals surface area contributed by atoms with Crippen LogP contribution in [0.25, 0.3) is 0 Å². The van der Waals surface area contributed by atoms with Crippen molar-refractivity contribution in [2.75, 3.05) is 0 Å². The minimum atomic E-state index is 0.537. The summed E-state index contributed by atoms with van der Waals surface area (Å²) in [5.41, 5.74) is 0.537. The third kappa shape index (κ3) is 2.50. The second kappa shape index (κ2) is 4.30. The first kappa shape index (κ1) is 10.1. The Morgan fingerprint density at radius 3 is 2.17 bits per heavy atom. The van der Waals surface area contributed by atoms with E-state index >= 15 is 0 Å². The molecule has 1 saturated carbocycles. The van der Waals surface area contributed by atoms with Gasteiger partial charge in [0.15, 0.2) is 0 Å². The Balaban J connectivity index is 2.41. The van der Waals surface area contributed by atoms with Crippen LogP contribution in [0.3, 0.4) is 0 Å². The van der Waals surface area contributed by atoms with Gasteiger partial charge in [0.05, 0.1) is 0 Å². The van der Waals surface area contributed by atoms with Crippen LogP contribution in [-0.4, -0.2) is 0 Å². The van der Waals surface area contributed by atoms with E-state index in [9.17, 15) is 0 Å². The molecular formula is C12H23. The maximum atomic E-state index is 2.43. The quantitative estimate of drug-likeness (QED) is 0.586. The summed E-state index contributed by atoms with van der Waals surface area (Å²) in [5.74, 6) is 1.84. The van der Waals surface area contributed by atoms with Crippen molar-refractivity contribution < 1.29 is 0 Å².